The van der Waals surface area contributed by atoms with Crippen LogP contribution in [-0.4, -0.2) is 42.5 Å². The first-order chi connectivity index (χ1) is 8.05. The summed E-state index contributed by atoms with van der Waals surface area (Å²) in [4.78, 5) is 0. The average molecular weight is 261 g/mol. The SMILES string of the molecule is CNCCCCS(=O)(=O)NCc1nncn1C. The standard InChI is InChI=1S/C9H19N5O2S/c1-10-5-3-4-6-17(15,16)12-7-9-13-11-8-14(9)2/h8,10,12H,3-7H2,1-2H3. The van der Waals surface area contributed by atoms with Crippen molar-refractivity contribution in [3.63, 3.8) is 0 Å². The van der Waals surface area contributed by atoms with Crippen LogP contribution in [0.2, 0.25) is 0 Å². The second-order valence-electron chi connectivity index (χ2n) is 3.81. The summed E-state index contributed by atoms with van der Waals surface area (Å²) in [7, 11) is 0.409. The van der Waals surface area contributed by atoms with Crippen molar-refractivity contribution in [1.29, 1.82) is 0 Å². The molecular formula is C9H19N5O2S. The number of nitrogens with zero attached hydrogens (tertiary/aromatic N) is 3. The minimum absolute atomic E-state index is 0.145. The molecule has 1 aromatic rings. The molecule has 0 saturated carbocycles. The summed E-state index contributed by atoms with van der Waals surface area (Å²) in [6, 6.07) is 0. The van der Waals surface area contributed by atoms with Crippen molar-refractivity contribution in [3.05, 3.63) is 12.2 Å². The zero-order valence-corrected chi connectivity index (χ0v) is 11.0. The fraction of sp³-hybridized carbons (Fsp3) is 0.778. The minimum Gasteiger partial charge on any atom is -0.320 e. The molecule has 0 fully saturated rings. The molecule has 8 heteroatoms. The van der Waals surface area contributed by atoms with Crippen molar-refractivity contribution in [2.24, 2.45) is 7.05 Å². The molecule has 0 aromatic carbocycles. The van der Waals surface area contributed by atoms with Crippen LogP contribution in [0.3, 0.4) is 0 Å². The van der Waals surface area contributed by atoms with E-state index in [1.165, 1.54) is 6.33 Å². The van der Waals surface area contributed by atoms with E-state index in [4.69, 9.17) is 0 Å². The van der Waals surface area contributed by atoms with Gasteiger partial charge in [-0.1, -0.05) is 0 Å². The number of rotatable bonds is 8. The molecule has 0 amide bonds. The van der Waals surface area contributed by atoms with Gasteiger partial charge in [-0.05, 0) is 26.4 Å². The van der Waals surface area contributed by atoms with E-state index in [1.807, 2.05) is 7.05 Å². The molecule has 1 rings (SSSR count). The van der Waals surface area contributed by atoms with Gasteiger partial charge in [0.2, 0.25) is 10.0 Å². The van der Waals surface area contributed by atoms with Gasteiger partial charge >= 0.3 is 0 Å². The van der Waals surface area contributed by atoms with Crippen LogP contribution in [0.25, 0.3) is 0 Å². The maximum Gasteiger partial charge on any atom is 0.212 e. The Morgan fingerprint density at radius 3 is 2.76 bits per heavy atom. The summed E-state index contributed by atoms with van der Waals surface area (Å²) < 4.78 is 27.4. The Balaban J connectivity index is 2.32. The van der Waals surface area contributed by atoms with E-state index in [0.717, 1.165) is 13.0 Å². The summed E-state index contributed by atoms with van der Waals surface area (Å²) in [6.07, 6.45) is 3.03. The van der Waals surface area contributed by atoms with E-state index in [9.17, 15) is 8.42 Å². The predicted octanol–water partition coefficient (Wildman–Crippen LogP) is -0.766. The molecule has 0 atom stereocenters. The number of sulfonamides is 1. The van der Waals surface area contributed by atoms with Gasteiger partial charge in [0.15, 0.2) is 0 Å². The largest absolute Gasteiger partial charge is 0.320 e. The van der Waals surface area contributed by atoms with Crippen LogP contribution in [-0.2, 0) is 23.6 Å². The van der Waals surface area contributed by atoms with E-state index >= 15 is 0 Å². The topological polar surface area (TPSA) is 88.9 Å². The maximum absolute atomic E-state index is 11.6. The molecule has 2 N–H and O–H groups in total. The van der Waals surface area contributed by atoms with Crippen LogP contribution >= 0.6 is 0 Å². The molecular weight excluding hydrogens is 242 g/mol. The van der Waals surface area contributed by atoms with Crippen LogP contribution in [0.15, 0.2) is 6.33 Å². The zero-order chi connectivity index (χ0) is 12.7. The van der Waals surface area contributed by atoms with Crippen LogP contribution in [0, 0.1) is 0 Å². The van der Waals surface area contributed by atoms with Gasteiger partial charge < -0.3 is 9.88 Å². The van der Waals surface area contributed by atoms with Gasteiger partial charge in [-0.15, -0.1) is 10.2 Å². The van der Waals surface area contributed by atoms with E-state index in [0.29, 0.717) is 12.2 Å². The van der Waals surface area contributed by atoms with Crippen LogP contribution in [0.5, 0.6) is 0 Å². The summed E-state index contributed by atoms with van der Waals surface area (Å²) >= 11 is 0. The Morgan fingerprint density at radius 1 is 1.41 bits per heavy atom. The van der Waals surface area contributed by atoms with Crippen LogP contribution < -0.4 is 10.0 Å². The molecule has 0 aliphatic carbocycles. The molecule has 0 aliphatic heterocycles. The first-order valence-electron chi connectivity index (χ1n) is 5.50. The predicted molar refractivity (Wildman–Crippen MR) is 64.8 cm³/mol. The van der Waals surface area contributed by atoms with Crippen molar-refractivity contribution in [2.75, 3.05) is 19.3 Å². The third kappa shape index (κ3) is 5.24. The van der Waals surface area contributed by atoms with Crippen molar-refractivity contribution < 1.29 is 8.42 Å². The number of aryl methyl sites for hydroxylation is 1. The second-order valence-corrected chi connectivity index (χ2v) is 5.74. The number of aromatic nitrogens is 3. The molecule has 0 spiro atoms. The highest BCUT2D eigenvalue weighted by atomic mass is 32.2. The zero-order valence-electron chi connectivity index (χ0n) is 10.2. The number of hydrogen-bond donors (Lipinski definition) is 2. The lowest BCUT2D eigenvalue weighted by Crippen LogP contribution is -2.27. The fourth-order valence-electron chi connectivity index (χ4n) is 1.31. The van der Waals surface area contributed by atoms with Gasteiger partial charge in [-0.2, -0.15) is 0 Å². The first-order valence-corrected chi connectivity index (χ1v) is 7.15. The summed E-state index contributed by atoms with van der Waals surface area (Å²) in [5.74, 6) is 0.746. The molecule has 0 radical (unpaired) electrons. The fourth-order valence-corrected chi connectivity index (χ4v) is 2.39. The van der Waals surface area contributed by atoms with Gasteiger partial charge in [0, 0.05) is 7.05 Å². The quantitative estimate of drug-likeness (QED) is 0.600. The van der Waals surface area contributed by atoms with Crippen molar-refractivity contribution in [3.8, 4) is 0 Å². The molecule has 0 saturated heterocycles. The molecule has 17 heavy (non-hydrogen) atoms. The Hall–Kier alpha value is -0.990. The molecule has 7 nitrogen and oxygen atoms in total. The van der Waals surface area contributed by atoms with Gasteiger partial charge in [-0.25, -0.2) is 13.1 Å². The van der Waals surface area contributed by atoms with E-state index < -0.39 is 10.0 Å². The summed E-state index contributed by atoms with van der Waals surface area (Å²) in [5.41, 5.74) is 0. The molecule has 98 valence electrons. The maximum atomic E-state index is 11.6. The average Bonchev–Trinajstić information content (AvgIpc) is 2.68. The molecule has 0 bridgehead atoms. The van der Waals surface area contributed by atoms with E-state index in [-0.39, 0.29) is 12.3 Å². The van der Waals surface area contributed by atoms with E-state index in [2.05, 4.69) is 20.2 Å². The lowest BCUT2D eigenvalue weighted by molar-refractivity contribution is 0.572. The lowest BCUT2D eigenvalue weighted by Gasteiger charge is -2.06. The molecule has 0 unspecified atom stereocenters. The number of unbranched alkanes of at least 4 members (excludes halogenated alkanes) is 1. The normalized spacial score (nSPS) is 11.9. The highest BCUT2D eigenvalue weighted by Crippen LogP contribution is 1.96. The van der Waals surface area contributed by atoms with Gasteiger partial charge in [0.1, 0.15) is 12.2 Å². The van der Waals surface area contributed by atoms with Crippen LogP contribution in [0.4, 0.5) is 0 Å². The first kappa shape index (κ1) is 14.1. The molecule has 1 heterocycles. The summed E-state index contributed by atoms with van der Waals surface area (Å²) in [6.45, 7) is 1.02. The van der Waals surface area contributed by atoms with Crippen molar-refractivity contribution in [1.82, 2.24) is 24.8 Å². The number of nitrogens with one attached hydrogen (secondary N) is 2. The van der Waals surface area contributed by atoms with Crippen molar-refractivity contribution in [2.45, 2.75) is 19.4 Å². The third-order valence-electron chi connectivity index (χ3n) is 2.35. The smallest absolute Gasteiger partial charge is 0.212 e. The Morgan fingerprint density at radius 2 is 2.18 bits per heavy atom. The second kappa shape index (κ2) is 6.67. The minimum atomic E-state index is -3.21. The Kier molecular flexibility index (Phi) is 5.52. The van der Waals surface area contributed by atoms with E-state index in [1.54, 1.807) is 11.6 Å². The summed E-state index contributed by atoms with van der Waals surface area (Å²) in [5, 5.41) is 10.5. The third-order valence-corrected chi connectivity index (χ3v) is 3.76. The highest BCUT2D eigenvalue weighted by molar-refractivity contribution is 7.89. The Labute approximate surface area is 102 Å². The van der Waals surface area contributed by atoms with Gasteiger partial charge in [-0.3, -0.25) is 0 Å². The molecule has 0 aliphatic rings. The van der Waals surface area contributed by atoms with Gasteiger partial charge in [0.25, 0.3) is 0 Å². The Bertz CT molecular complexity index is 428. The van der Waals surface area contributed by atoms with Gasteiger partial charge in [0.05, 0.1) is 12.3 Å². The lowest BCUT2D eigenvalue weighted by atomic mass is 10.3. The number of hydrogen-bond acceptors (Lipinski definition) is 5. The monoisotopic (exact) mass is 261 g/mol. The van der Waals surface area contributed by atoms with Crippen LogP contribution in [0.1, 0.15) is 18.7 Å². The highest BCUT2D eigenvalue weighted by Gasteiger charge is 2.11. The van der Waals surface area contributed by atoms with Crippen molar-refractivity contribution >= 4 is 10.0 Å². The molecule has 1 aromatic heterocycles.